The number of nitrogens with one attached hydrogen (secondary N) is 4. The number of rotatable bonds is 14. The number of hydrogen-bond donors (Lipinski definition) is 4. The molecule has 13 nitrogen and oxygen atoms in total. The first-order valence-corrected chi connectivity index (χ1v) is 18.9. The highest BCUT2D eigenvalue weighted by Gasteiger charge is 2.47. The van der Waals surface area contributed by atoms with E-state index in [1.165, 1.54) is 26.6 Å². The Morgan fingerprint density at radius 1 is 1.04 bits per heavy atom. The molecule has 272 valence electrons. The minimum atomic E-state index is -3.70. The number of ketones is 1. The lowest BCUT2D eigenvalue weighted by Crippen LogP contribution is -2.62. The third-order valence-corrected chi connectivity index (χ3v) is 11.8. The topological polar surface area (TPSA) is 174 Å². The maximum atomic E-state index is 14.3. The summed E-state index contributed by atoms with van der Waals surface area (Å²) in [5, 5.41) is 12.6. The number of thiophene rings is 1. The fourth-order valence-corrected chi connectivity index (χ4v) is 8.90. The molecule has 1 aromatic heterocycles. The van der Waals surface area contributed by atoms with Gasteiger partial charge in [0.15, 0.2) is 0 Å². The first-order chi connectivity index (χ1) is 22.8. The monoisotopic (exact) mass is 720 g/mol. The summed E-state index contributed by atoms with van der Waals surface area (Å²) in [4.78, 5) is 69.4. The Morgan fingerprint density at radius 3 is 2.27 bits per heavy atom. The molecule has 15 heteroatoms. The molecular weight excluding hydrogens is 669 g/mol. The van der Waals surface area contributed by atoms with Crippen LogP contribution in [-0.2, 0) is 35.7 Å². The highest BCUT2D eigenvalue weighted by atomic mass is 32.2. The zero-order valence-corrected chi connectivity index (χ0v) is 31.3. The average Bonchev–Trinajstić information content (AvgIpc) is 3.72. The zero-order chi connectivity index (χ0) is 36.9. The van der Waals surface area contributed by atoms with Gasteiger partial charge in [0.1, 0.15) is 12.1 Å². The van der Waals surface area contributed by atoms with Crippen molar-refractivity contribution >= 4 is 50.9 Å². The quantitative estimate of drug-likeness (QED) is 0.169. The van der Waals surface area contributed by atoms with Gasteiger partial charge in [0.05, 0.1) is 10.9 Å². The summed E-state index contributed by atoms with van der Waals surface area (Å²) in [6, 6.07) is -2.86. The number of hydrogen-bond acceptors (Lipinski definition) is 8. The summed E-state index contributed by atoms with van der Waals surface area (Å²) in [6.07, 6.45) is 4.21. The molecule has 0 spiro atoms. The van der Waals surface area contributed by atoms with E-state index in [9.17, 15) is 32.4 Å². The first kappa shape index (κ1) is 39.9. The largest absolute Gasteiger partial charge is 0.346 e. The maximum absolute atomic E-state index is 14.3. The van der Waals surface area contributed by atoms with E-state index in [0.717, 1.165) is 4.88 Å². The van der Waals surface area contributed by atoms with E-state index in [1.807, 2.05) is 27.7 Å². The van der Waals surface area contributed by atoms with Crippen LogP contribution in [0.15, 0.2) is 41.7 Å². The lowest BCUT2D eigenvalue weighted by atomic mass is 9.85. The third-order valence-electron chi connectivity index (χ3n) is 8.91. The van der Waals surface area contributed by atoms with Crippen LogP contribution in [0.2, 0.25) is 0 Å². The van der Waals surface area contributed by atoms with Crippen molar-refractivity contribution in [1.82, 2.24) is 30.5 Å². The number of carbonyl (C=O) groups is 5. The number of Topliss-reactive ketones (excluding diaryl/α,β-unsaturated/α-hetero) is 1. The third kappa shape index (κ3) is 9.37. The lowest BCUT2D eigenvalue weighted by molar-refractivity contribution is -0.144. The normalized spacial score (nSPS) is 20.8. The van der Waals surface area contributed by atoms with Crippen LogP contribution in [0, 0.1) is 16.7 Å². The number of fused-ring (bicyclic) bond motifs is 1. The van der Waals surface area contributed by atoms with Gasteiger partial charge in [-0.15, -0.1) is 24.5 Å². The van der Waals surface area contributed by atoms with Crippen LogP contribution >= 0.6 is 11.3 Å². The van der Waals surface area contributed by atoms with Gasteiger partial charge in [0, 0.05) is 43.0 Å². The van der Waals surface area contributed by atoms with Crippen molar-refractivity contribution in [2.45, 2.75) is 103 Å². The predicted molar refractivity (Wildman–Crippen MR) is 189 cm³/mol. The molecule has 0 saturated carbocycles. The number of nitrogens with zero attached hydrogens (tertiary/aromatic N) is 2. The minimum absolute atomic E-state index is 0.0351. The summed E-state index contributed by atoms with van der Waals surface area (Å²) in [5.41, 5.74) is -1.34. The molecule has 3 heterocycles. The zero-order valence-electron chi connectivity index (χ0n) is 29.6. The van der Waals surface area contributed by atoms with E-state index in [0.29, 0.717) is 12.8 Å². The second kappa shape index (κ2) is 16.0. The Balaban J connectivity index is 1.80. The molecule has 0 aliphatic carbocycles. The van der Waals surface area contributed by atoms with Crippen LogP contribution in [0.4, 0.5) is 4.79 Å². The fourth-order valence-electron chi connectivity index (χ4n) is 5.98. The highest BCUT2D eigenvalue weighted by molar-refractivity contribution is 7.89. The molecule has 2 unspecified atom stereocenters. The summed E-state index contributed by atoms with van der Waals surface area (Å²) in [6.45, 7) is 20.8. The van der Waals surface area contributed by atoms with Gasteiger partial charge in [-0.3, -0.25) is 19.2 Å². The Labute approximate surface area is 294 Å². The smallest absolute Gasteiger partial charge is 0.315 e. The molecule has 4 N–H and O–H groups in total. The van der Waals surface area contributed by atoms with E-state index in [1.54, 1.807) is 38.3 Å². The van der Waals surface area contributed by atoms with Crippen LogP contribution in [0.25, 0.3) is 0 Å². The molecule has 1 aromatic rings. The van der Waals surface area contributed by atoms with Crippen LogP contribution < -0.4 is 21.3 Å². The van der Waals surface area contributed by atoms with Crippen LogP contribution in [0.5, 0.6) is 0 Å². The number of amides is 5. The maximum Gasteiger partial charge on any atom is 0.315 e. The molecule has 3 rings (SSSR count). The number of sulfonamides is 1. The van der Waals surface area contributed by atoms with Crippen LogP contribution in [-0.4, -0.2) is 91.0 Å². The van der Waals surface area contributed by atoms with Crippen molar-refractivity contribution < 1.29 is 32.4 Å². The van der Waals surface area contributed by atoms with Crippen molar-refractivity contribution in [2.75, 3.05) is 19.6 Å². The van der Waals surface area contributed by atoms with Gasteiger partial charge < -0.3 is 26.2 Å². The fraction of sp³-hybridized carbons (Fsp3) is 0.618. The van der Waals surface area contributed by atoms with Crippen LogP contribution in [0.1, 0.15) is 72.6 Å². The van der Waals surface area contributed by atoms with Crippen molar-refractivity contribution in [3.63, 3.8) is 0 Å². The number of carbonyl (C=O) groups excluding carboxylic acids is 5. The molecule has 5 amide bonds. The first-order valence-electron chi connectivity index (χ1n) is 16.6. The van der Waals surface area contributed by atoms with Gasteiger partial charge in [-0.05, 0) is 35.1 Å². The van der Waals surface area contributed by atoms with Gasteiger partial charge in [0.2, 0.25) is 27.6 Å². The number of likely N-dealkylation sites (tertiary alicyclic amines) is 1. The summed E-state index contributed by atoms with van der Waals surface area (Å²) >= 11 is 1.37. The van der Waals surface area contributed by atoms with Gasteiger partial charge in [0.25, 0.3) is 5.91 Å². The van der Waals surface area contributed by atoms with E-state index < -0.39 is 80.5 Å². The van der Waals surface area contributed by atoms with Gasteiger partial charge in [-0.2, -0.15) is 4.31 Å². The van der Waals surface area contributed by atoms with Crippen molar-refractivity contribution in [1.29, 1.82) is 0 Å². The summed E-state index contributed by atoms with van der Waals surface area (Å²) in [5.74, 6) is -3.15. The second-order valence-electron chi connectivity index (χ2n) is 14.7. The molecule has 49 heavy (non-hydrogen) atoms. The van der Waals surface area contributed by atoms with Gasteiger partial charge in [-0.25, -0.2) is 13.2 Å². The Hall–Kier alpha value is -3.56. The van der Waals surface area contributed by atoms with Crippen molar-refractivity contribution in [3.05, 3.63) is 41.6 Å². The van der Waals surface area contributed by atoms with Crippen LogP contribution in [0.3, 0.4) is 0 Å². The summed E-state index contributed by atoms with van der Waals surface area (Å²) in [7, 11) is -3.70. The van der Waals surface area contributed by atoms with E-state index in [2.05, 4.69) is 34.4 Å². The van der Waals surface area contributed by atoms with Gasteiger partial charge in [-0.1, -0.05) is 67.0 Å². The van der Waals surface area contributed by atoms with E-state index in [4.69, 9.17) is 0 Å². The molecule has 0 bridgehead atoms. The molecule has 2 aliphatic rings. The standard InChI is InChI=1S/C34H52N6O7S2/c1-10-13-22(27(41)30(43)35-16-11-2)36-29(42)26-21(12-3)14-17-40(26)31(44)28(34(7,8)9)38-32(45)37-25(33(4,5)6)20-39-19-23-24(15-18-48-23)49(39,46)47/h11-12,15,18,21-22,25-26,28H,2-3,10,13-14,16-17,19-20H2,1,4-9H3,(H,35,43)(H,36,42)(H2,37,38,45)/t21?,22?,25-,26+,28-/m1/s1. The SMILES string of the molecule is C=CCNC(=O)C(=O)C(CCC)NC(=O)[C@@H]1C(C=C)CCN1C(=O)[C@@H](NC(=O)N[C@H](CN1Cc2sccc2S1(=O)=O)C(C)(C)C)C(C)(C)C. The van der Waals surface area contributed by atoms with E-state index >= 15 is 0 Å². The lowest BCUT2D eigenvalue weighted by Gasteiger charge is -2.38. The summed E-state index contributed by atoms with van der Waals surface area (Å²) < 4.78 is 27.7. The molecular formula is C34H52N6O7S2. The Morgan fingerprint density at radius 2 is 1.71 bits per heavy atom. The van der Waals surface area contributed by atoms with Gasteiger partial charge >= 0.3 is 6.03 Å². The van der Waals surface area contributed by atoms with E-state index in [-0.39, 0.29) is 37.5 Å². The minimum Gasteiger partial charge on any atom is -0.346 e. The molecule has 2 aliphatic heterocycles. The Bertz CT molecular complexity index is 1540. The number of urea groups is 1. The molecule has 1 fully saturated rings. The predicted octanol–water partition coefficient (Wildman–Crippen LogP) is 2.94. The Kier molecular flexibility index (Phi) is 13.0. The molecule has 5 atom stereocenters. The highest BCUT2D eigenvalue weighted by Crippen LogP contribution is 2.35. The van der Waals surface area contributed by atoms with Crippen molar-refractivity contribution in [3.8, 4) is 0 Å². The average molecular weight is 721 g/mol. The van der Waals surface area contributed by atoms with Crippen molar-refractivity contribution in [2.24, 2.45) is 16.7 Å². The molecule has 1 saturated heterocycles. The second-order valence-corrected chi connectivity index (χ2v) is 17.6. The molecule has 0 aromatic carbocycles. The molecule has 0 radical (unpaired) electrons.